The Bertz CT molecular complexity index is 957. The van der Waals surface area contributed by atoms with E-state index in [1.54, 1.807) is 28.8 Å². The topological polar surface area (TPSA) is 66.5 Å². The van der Waals surface area contributed by atoms with E-state index in [0.717, 1.165) is 23.5 Å². The van der Waals surface area contributed by atoms with Crippen LogP contribution in [0.5, 0.6) is 0 Å². The molecule has 0 bridgehead atoms. The van der Waals surface area contributed by atoms with Gasteiger partial charge >= 0.3 is 0 Å². The Hall–Kier alpha value is -2.06. The molecular formula is C18H17FN2O3S2. The van der Waals surface area contributed by atoms with Gasteiger partial charge in [0, 0.05) is 28.8 Å². The maximum atomic E-state index is 13.0. The number of thioether (sulfide) groups is 1. The number of nitrogens with one attached hydrogen (secondary N) is 1. The summed E-state index contributed by atoms with van der Waals surface area (Å²) in [7, 11) is -3.83. The normalized spacial score (nSPS) is 16.9. The van der Waals surface area contributed by atoms with Crippen LogP contribution in [0.2, 0.25) is 0 Å². The molecule has 1 N–H and O–H groups in total. The second-order valence-electron chi connectivity index (χ2n) is 6.35. The Morgan fingerprint density at radius 3 is 2.58 bits per heavy atom. The first-order chi connectivity index (χ1) is 12.4. The number of anilines is 2. The zero-order valence-electron chi connectivity index (χ0n) is 13.8. The lowest BCUT2D eigenvalue weighted by Crippen LogP contribution is -2.36. The van der Waals surface area contributed by atoms with Crippen LogP contribution in [0.1, 0.15) is 12.8 Å². The van der Waals surface area contributed by atoms with Crippen molar-refractivity contribution >= 4 is 39.1 Å². The Labute approximate surface area is 155 Å². The molecule has 1 amide bonds. The van der Waals surface area contributed by atoms with Crippen molar-refractivity contribution in [3.63, 3.8) is 0 Å². The summed E-state index contributed by atoms with van der Waals surface area (Å²) in [5.74, 6) is 0.509. The number of amides is 1. The maximum Gasteiger partial charge on any atom is 0.261 e. The van der Waals surface area contributed by atoms with Gasteiger partial charge in [0.05, 0.1) is 10.6 Å². The zero-order valence-corrected chi connectivity index (χ0v) is 15.4. The minimum Gasteiger partial charge on any atom is -0.310 e. The van der Waals surface area contributed by atoms with Gasteiger partial charge in [-0.3, -0.25) is 9.52 Å². The van der Waals surface area contributed by atoms with Gasteiger partial charge < -0.3 is 4.90 Å². The zero-order chi connectivity index (χ0) is 18.3. The molecule has 1 saturated carbocycles. The molecule has 1 aliphatic carbocycles. The molecule has 2 aliphatic rings. The third-order valence-corrected chi connectivity index (χ3v) is 6.81. The van der Waals surface area contributed by atoms with Crippen molar-refractivity contribution in [2.75, 3.05) is 21.9 Å². The van der Waals surface area contributed by atoms with Crippen LogP contribution in [0.4, 0.5) is 15.8 Å². The van der Waals surface area contributed by atoms with Gasteiger partial charge in [-0.25, -0.2) is 12.8 Å². The number of halogens is 1. The summed E-state index contributed by atoms with van der Waals surface area (Å²) in [5, 5.41) is 0. The number of nitrogens with zero attached hydrogens (tertiary/aromatic N) is 1. The molecule has 8 heteroatoms. The number of sulfonamides is 1. The smallest absolute Gasteiger partial charge is 0.261 e. The molecule has 0 aromatic heterocycles. The number of carbonyl (C=O) groups excluding carboxylic acids is 1. The van der Waals surface area contributed by atoms with Crippen LogP contribution >= 0.6 is 11.8 Å². The molecule has 2 aromatic carbocycles. The SMILES string of the molecule is O=C(C1CC1)N1CCSc2ccc(S(=O)(=O)Nc3ccc(F)cc3)cc21. The van der Waals surface area contributed by atoms with Crippen LogP contribution in [0.15, 0.2) is 52.3 Å². The first kappa shape index (κ1) is 17.4. The van der Waals surface area contributed by atoms with E-state index in [0.29, 0.717) is 12.2 Å². The summed E-state index contributed by atoms with van der Waals surface area (Å²) in [6.45, 7) is 0.585. The second-order valence-corrected chi connectivity index (χ2v) is 9.17. The van der Waals surface area contributed by atoms with E-state index in [1.807, 2.05) is 0 Å². The van der Waals surface area contributed by atoms with Gasteiger partial charge in [0.25, 0.3) is 10.0 Å². The predicted molar refractivity (Wildman–Crippen MR) is 99.5 cm³/mol. The molecule has 1 aliphatic heterocycles. The Morgan fingerprint density at radius 2 is 1.88 bits per heavy atom. The van der Waals surface area contributed by atoms with Crippen LogP contribution in [0, 0.1) is 11.7 Å². The molecule has 0 atom stereocenters. The molecular weight excluding hydrogens is 375 g/mol. The molecule has 5 nitrogen and oxygen atoms in total. The van der Waals surface area contributed by atoms with Gasteiger partial charge in [-0.15, -0.1) is 11.8 Å². The maximum absolute atomic E-state index is 13.0. The fourth-order valence-electron chi connectivity index (χ4n) is 2.88. The number of carbonyl (C=O) groups is 1. The Kier molecular flexibility index (Phi) is 4.40. The number of hydrogen-bond donors (Lipinski definition) is 1. The first-order valence-corrected chi connectivity index (χ1v) is 10.8. The average Bonchev–Trinajstić information content (AvgIpc) is 3.47. The molecule has 0 unspecified atom stereocenters. The van der Waals surface area contributed by atoms with Crippen molar-refractivity contribution in [2.24, 2.45) is 5.92 Å². The van der Waals surface area contributed by atoms with E-state index < -0.39 is 15.8 Å². The summed E-state index contributed by atoms with van der Waals surface area (Å²) in [5.41, 5.74) is 0.935. The molecule has 2 aromatic rings. The molecule has 0 spiro atoms. The second kappa shape index (κ2) is 6.59. The fourth-order valence-corrected chi connectivity index (χ4v) is 4.93. The highest BCUT2D eigenvalue weighted by Gasteiger charge is 2.36. The molecule has 4 rings (SSSR count). The third-order valence-electron chi connectivity index (χ3n) is 4.39. The minimum absolute atomic E-state index is 0.0727. The van der Waals surface area contributed by atoms with Gasteiger partial charge in [0.2, 0.25) is 5.91 Å². The highest BCUT2D eigenvalue weighted by atomic mass is 32.2. The molecule has 1 fully saturated rings. The quantitative estimate of drug-likeness (QED) is 0.865. The van der Waals surface area contributed by atoms with Crippen molar-refractivity contribution in [2.45, 2.75) is 22.6 Å². The molecule has 136 valence electrons. The van der Waals surface area contributed by atoms with Crippen molar-refractivity contribution in [3.05, 3.63) is 48.3 Å². The van der Waals surface area contributed by atoms with Crippen LogP contribution in [0.25, 0.3) is 0 Å². The fraction of sp³-hybridized carbons (Fsp3) is 0.278. The summed E-state index contributed by atoms with van der Waals surface area (Å²) in [6, 6.07) is 9.94. The van der Waals surface area contributed by atoms with Gasteiger partial charge in [0.15, 0.2) is 0 Å². The van der Waals surface area contributed by atoms with Crippen LogP contribution < -0.4 is 9.62 Å². The van der Waals surface area contributed by atoms with Crippen LogP contribution in [-0.2, 0) is 14.8 Å². The standard InChI is InChI=1S/C18H17FN2O3S2/c19-13-3-5-14(6-4-13)20-26(23,24)15-7-8-17-16(11-15)21(9-10-25-17)18(22)12-1-2-12/h3-8,11-12,20H,1-2,9-10H2. The Balaban J connectivity index is 1.65. The predicted octanol–water partition coefficient (Wildman–Crippen LogP) is 3.48. The van der Waals surface area contributed by atoms with Crippen molar-refractivity contribution in [1.82, 2.24) is 0 Å². The molecule has 0 radical (unpaired) electrons. The Morgan fingerprint density at radius 1 is 1.15 bits per heavy atom. The van der Waals surface area contributed by atoms with E-state index >= 15 is 0 Å². The summed E-state index contributed by atoms with van der Waals surface area (Å²) < 4.78 is 40.8. The third kappa shape index (κ3) is 3.43. The van der Waals surface area contributed by atoms with Crippen molar-refractivity contribution in [1.29, 1.82) is 0 Å². The first-order valence-electron chi connectivity index (χ1n) is 8.31. The van der Waals surface area contributed by atoms with E-state index in [9.17, 15) is 17.6 Å². The molecule has 1 heterocycles. The monoisotopic (exact) mass is 392 g/mol. The lowest BCUT2D eigenvalue weighted by molar-refractivity contribution is -0.119. The highest BCUT2D eigenvalue weighted by molar-refractivity contribution is 7.99. The molecule has 0 saturated heterocycles. The van der Waals surface area contributed by atoms with Crippen molar-refractivity contribution in [3.8, 4) is 0 Å². The number of hydrogen-bond acceptors (Lipinski definition) is 4. The summed E-state index contributed by atoms with van der Waals surface area (Å²) >= 11 is 1.62. The molecule has 26 heavy (non-hydrogen) atoms. The average molecular weight is 392 g/mol. The van der Waals surface area contributed by atoms with Crippen LogP contribution in [0.3, 0.4) is 0 Å². The minimum atomic E-state index is -3.83. The van der Waals surface area contributed by atoms with Crippen molar-refractivity contribution < 1.29 is 17.6 Å². The van der Waals surface area contributed by atoms with Gasteiger partial charge in [0.1, 0.15) is 5.82 Å². The van der Waals surface area contributed by atoms with Gasteiger partial charge in [-0.05, 0) is 55.3 Å². The number of fused-ring (bicyclic) bond motifs is 1. The van der Waals surface area contributed by atoms with E-state index in [2.05, 4.69) is 4.72 Å². The van der Waals surface area contributed by atoms with Gasteiger partial charge in [-0.1, -0.05) is 0 Å². The largest absolute Gasteiger partial charge is 0.310 e. The lowest BCUT2D eigenvalue weighted by atomic mass is 10.2. The van der Waals surface area contributed by atoms with Crippen LogP contribution in [-0.4, -0.2) is 26.6 Å². The van der Waals surface area contributed by atoms with E-state index in [-0.39, 0.29) is 22.4 Å². The van der Waals surface area contributed by atoms with E-state index in [4.69, 9.17) is 0 Å². The summed E-state index contributed by atoms with van der Waals surface area (Å²) in [4.78, 5) is 15.2. The van der Waals surface area contributed by atoms with Gasteiger partial charge in [-0.2, -0.15) is 0 Å². The lowest BCUT2D eigenvalue weighted by Gasteiger charge is -2.29. The van der Waals surface area contributed by atoms with E-state index in [1.165, 1.54) is 30.3 Å². The number of benzene rings is 2. The number of rotatable bonds is 4. The highest BCUT2D eigenvalue weighted by Crippen LogP contribution is 2.40. The summed E-state index contributed by atoms with van der Waals surface area (Å²) in [6.07, 6.45) is 1.81.